The number of fused-ring (bicyclic) bond motifs is 1. The first-order chi connectivity index (χ1) is 7.85. The lowest BCUT2D eigenvalue weighted by molar-refractivity contribution is 0.310. The van der Waals surface area contributed by atoms with Crippen molar-refractivity contribution in [2.75, 3.05) is 13.7 Å². The van der Waals surface area contributed by atoms with Gasteiger partial charge in [-0.05, 0) is 36.6 Å². The molecule has 0 amide bonds. The molecule has 0 N–H and O–H groups in total. The zero-order valence-electron chi connectivity index (χ0n) is 9.69. The molecule has 0 aliphatic heterocycles. The van der Waals surface area contributed by atoms with Crippen molar-refractivity contribution in [1.82, 2.24) is 0 Å². The van der Waals surface area contributed by atoms with E-state index in [2.05, 4.69) is 24.3 Å². The number of hydrogen-bond donors (Lipinski definition) is 0. The van der Waals surface area contributed by atoms with Gasteiger partial charge in [0.2, 0.25) is 0 Å². The molecule has 0 bridgehead atoms. The molecule has 0 fully saturated rings. The van der Waals surface area contributed by atoms with Crippen LogP contribution in [0, 0.1) is 0 Å². The fourth-order valence-corrected chi connectivity index (χ4v) is 1.81. The van der Waals surface area contributed by atoms with Crippen molar-refractivity contribution in [3.05, 3.63) is 41.5 Å². The highest BCUT2D eigenvalue weighted by Crippen LogP contribution is 2.32. The second kappa shape index (κ2) is 4.88. The summed E-state index contributed by atoms with van der Waals surface area (Å²) >= 11 is 0. The van der Waals surface area contributed by atoms with Crippen molar-refractivity contribution in [2.45, 2.75) is 13.3 Å². The Hall–Kier alpha value is -1.70. The SMILES string of the molecule is CCOc1cc2c(cc1OC)CC=CC=C2. The van der Waals surface area contributed by atoms with Crippen LogP contribution >= 0.6 is 0 Å². The van der Waals surface area contributed by atoms with E-state index in [0.29, 0.717) is 6.61 Å². The van der Waals surface area contributed by atoms with Gasteiger partial charge in [-0.15, -0.1) is 0 Å². The lowest BCUT2D eigenvalue weighted by Crippen LogP contribution is -1.98. The third-order valence-electron chi connectivity index (χ3n) is 2.59. The largest absolute Gasteiger partial charge is 0.493 e. The number of ether oxygens (including phenoxy) is 2. The zero-order chi connectivity index (χ0) is 11.4. The fourth-order valence-electron chi connectivity index (χ4n) is 1.81. The van der Waals surface area contributed by atoms with Gasteiger partial charge in [0.15, 0.2) is 11.5 Å². The molecular formula is C14H16O2. The molecule has 1 aliphatic rings. The van der Waals surface area contributed by atoms with E-state index in [0.717, 1.165) is 17.9 Å². The summed E-state index contributed by atoms with van der Waals surface area (Å²) < 4.78 is 10.9. The van der Waals surface area contributed by atoms with E-state index in [1.165, 1.54) is 11.1 Å². The fraction of sp³-hybridized carbons (Fsp3) is 0.286. The van der Waals surface area contributed by atoms with Crippen molar-refractivity contribution >= 4 is 6.08 Å². The number of allylic oxidation sites excluding steroid dienone is 3. The van der Waals surface area contributed by atoms with Gasteiger partial charge in [0.05, 0.1) is 13.7 Å². The van der Waals surface area contributed by atoms with E-state index in [-0.39, 0.29) is 0 Å². The molecule has 0 aromatic heterocycles. The summed E-state index contributed by atoms with van der Waals surface area (Å²) in [6, 6.07) is 4.10. The smallest absolute Gasteiger partial charge is 0.161 e. The first-order valence-electron chi connectivity index (χ1n) is 5.52. The number of benzene rings is 1. The molecule has 0 saturated heterocycles. The van der Waals surface area contributed by atoms with Crippen molar-refractivity contribution in [1.29, 1.82) is 0 Å². The van der Waals surface area contributed by atoms with E-state index in [9.17, 15) is 0 Å². The van der Waals surface area contributed by atoms with Crippen molar-refractivity contribution in [3.63, 3.8) is 0 Å². The predicted octanol–water partition coefficient (Wildman–Crippen LogP) is 3.22. The molecule has 0 spiro atoms. The lowest BCUT2D eigenvalue weighted by Gasteiger charge is -2.12. The quantitative estimate of drug-likeness (QED) is 0.772. The van der Waals surface area contributed by atoms with Crippen LogP contribution in [-0.2, 0) is 6.42 Å². The van der Waals surface area contributed by atoms with Crippen LogP contribution in [0.4, 0.5) is 0 Å². The summed E-state index contributed by atoms with van der Waals surface area (Å²) in [5.74, 6) is 1.62. The molecule has 1 aliphatic carbocycles. The van der Waals surface area contributed by atoms with Crippen LogP contribution < -0.4 is 9.47 Å². The van der Waals surface area contributed by atoms with Gasteiger partial charge < -0.3 is 9.47 Å². The summed E-state index contributed by atoms with van der Waals surface area (Å²) in [5.41, 5.74) is 2.47. The first kappa shape index (κ1) is 10.8. The van der Waals surface area contributed by atoms with E-state index in [4.69, 9.17) is 9.47 Å². The minimum Gasteiger partial charge on any atom is -0.493 e. The van der Waals surface area contributed by atoms with E-state index in [1.807, 2.05) is 19.1 Å². The normalized spacial score (nSPS) is 13.1. The third kappa shape index (κ3) is 2.11. The van der Waals surface area contributed by atoms with Crippen LogP contribution in [0.15, 0.2) is 30.4 Å². The molecule has 1 aromatic carbocycles. The van der Waals surface area contributed by atoms with E-state index >= 15 is 0 Å². The Kier molecular flexibility index (Phi) is 3.30. The summed E-state index contributed by atoms with van der Waals surface area (Å²) in [7, 11) is 1.67. The lowest BCUT2D eigenvalue weighted by atomic mass is 10.0. The van der Waals surface area contributed by atoms with Crippen LogP contribution in [0.1, 0.15) is 18.1 Å². The standard InChI is InChI=1S/C14H16O2/c1-3-16-14-10-12-8-6-4-5-7-11(12)9-13(14)15-2/h4-6,8-10H,3,7H2,1-2H3. The second-order valence-corrected chi connectivity index (χ2v) is 3.63. The minimum atomic E-state index is 0.650. The van der Waals surface area contributed by atoms with Gasteiger partial charge in [-0.25, -0.2) is 0 Å². The van der Waals surface area contributed by atoms with E-state index < -0.39 is 0 Å². The Morgan fingerprint density at radius 1 is 1.19 bits per heavy atom. The number of hydrogen-bond acceptors (Lipinski definition) is 2. The van der Waals surface area contributed by atoms with Crippen LogP contribution in [-0.4, -0.2) is 13.7 Å². The van der Waals surface area contributed by atoms with Gasteiger partial charge in [0.25, 0.3) is 0 Å². The topological polar surface area (TPSA) is 18.5 Å². The Bertz CT molecular complexity index is 431. The molecule has 0 unspecified atom stereocenters. The number of rotatable bonds is 3. The average Bonchev–Trinajstić information content (AvgIpc) is 2.53. The van der Waals surface area contributed by atoms with Crippen LogP contribution in [0.5, 0.6) is 11.5 Å². The zero-order valence-corrected chi connectivity index (χ0v) is 9.69. The molecule has 2 heteroatoms. The van der Waals surface area contributed by atoms with Crippen LogP contribution in [0.25, 0.3) is 6.08 Å². The van der Waals surface area contributed by atoms with Crippen molar-refractivity contribution in [3.8, 4) is 11.5 Å². The maximum atomic E-state index is 5.56. The summed E-state index contributed by atoms with van der Waals surface area (Å²) in [5, 5.41) is 0. The molecule has 0 heterocycles. The molecule has 2 nitrogen and oxygen atoms in total. The van der Waals surface area contributed by atoms with Gasteiger partial charge in [0, 0.05) is 0 Å². The number of methoxy groups -OCH3 is 1. The maximum Gasteiger partial charge on any atom is 0.161 e. The van der Waals surface area contributed by atoms with Crippen molar-refractivity contribution < 1.29 is 9.47 Å². The predicted molar refractivity (Wildman–Crippen MR) is 66.0 cm³/mol. The highest BCUT2D eigenvalue weighted by atomic mass is 16.5. The molecule has 16 heavy (non-hydrogen) atoms. The monoisotopic (exact) mass is 216 g/mol. The highest BCUT2D eigenvalue weighted by molar-refractivity contribution is 5.62. The Morgan fingerprint density at radius 2 is 2.06 bits per heavy atom. The summed E-state index contributed by atoms with van der Waals surface area (Å²) in [6.45, 7) is 2.62. The Labute approximate surface area is 96.2 Å². The van der Waals surface area contributed by atoms with Gasteiger partial charge in [-0.2, -0.15) is 0 Å². The second-order valence-electron chi connectivity index (χ2n) is 3.63. The maximum absolute atomic E-state index is 5.56. The van der Waals surface area contributed by atoms with Gasteiger partial charge in [-0.1, -0.05) is 24.3 Å². The summed E-state index contributed by atoms with van der Waals surface area (Å²) in [6.07, 6.45) is 9.29. The molecule has 0 atom stereocenters. The highest BCUT2D eigenvalue weighted by Gasteiger charge is 2.09. The summed E-state index contributed by atoms with van der Waals surface area (Å²) in [4.78, 5) is 0. The van der Waals surface area contributed by atoms with Gasteiger partial charge in [-0.3, -0.25) is 0 Å². The molecule has 1 aromatic rings. The van der Waals surface area contributed by atoms with E-state index in [1.54, 1.807) is 7.11 Å². The van der Waals surface area contributed by atoms with Gasteiger partial charge >= 0.3 is 0 Å². The molecule has 0 saturated carbocycles. The first-order valence-corrected chi connectivity index (χ1v) is 5.52. The van der Waals surface area contributed by atoms with Crippen LogP contribution in [0.3, 0.4) is 0 Å². The molecule has 2 rings (SSSR count). The Balaban J connectivity index is 2.45. The van der Waals surface area contributed by atoms with Crippen molar-refractivity contribution in [2.24, 2.45) is 0 Å². The average molecular weight is 216 g/mol. The molecule has 0 radical (unpaired) electrons. The molecule has 84 valence electrons. The van der Waals surface area contributed by atoms with Crippen LogP contribution in [0.2, 0.25) is 0 Å². The Morgan fingerprint density at radius 3 is 2.81 bits per heavy atom. The van der Waals surface area contributed by atoms with Gasteiger partial charge in [0.1, 0.15) is 0 Å². The molecular weight excluding hydrogens is 200 g/mol. The third-order valence-corrected chi connectivity index (χ3v) is 2.59. The minimum absolute atomic E-state index is 0.650.